The molecule has 4 aliphatic rings. The van der Waals surface area contributed by atoms with Crippen LogP contribution in [0.1, 0.15) is 46.5 Å². The standard InChI is InChI=1S/C24H30O5/c1-14(26)29-13-22(28)20-5-4-18-17-10-15(12-25)21-11-16(27)6-8-24(21,3)19(17)7-9-23(18,20)2/h6-8,11,15,17-18,20,25H,4-5,9-10,12-13H2,1-3H3/t15-,17+,18+,20-,23+,24-/m1/s1. The summed E-state index contributed by atoms with van der Waals surface area (Å²) < 4.78 is 4.99. The Morgan fingerprint density at radius 2 is 2.00 bits per heavy atom. The van der Waals surface area contributed by atoms with Crippen LogP contribution in [0.15, 0.2) is 35.5 Å². The Hall–Kier alpha value is -2.01. The predicted molar refractivity (Wildman–Crippen MR) is 108 cm³/mol. The van der Waals surface area contributed by atoms with Gasteiger partial charge in [0.2, 0.25) is 0 Å². The molecule has 1 N–H and O–H groups in total. The maximum atomic E-state index is 12.8. The zero-order valence-corrected chi connectivity index (χ0v) is 17.4. The third-order valence-corrected chi connectivity index (χ3v) is 8.14. The van der Waals surface area contributed by atoms with Crippen LogP contribution in [0.25, 0.3) is 0 Å². The highest BCUT2D eigenvalue weighted by Gasteiger charge is 2.58. The molecule has 0 saturated heterocycles. The van der Waals surface area contributed by atoms with E-state index in [1.807, 2.05) is 6.08 Å². The molecule has 6 atom stereocenters. The molecule has 156 valence electrons. The second kappa shape index (κ2) is 7.05. The molecule has 0 bridgehead atoms. The lowest BCUT2D eigenvalue weighted by Crippen LogP contribution is -2.47. The van der Waals surface area contributed by atoms with E-state index in [0.29, 0.717) is 5.92 Å². The number of aliphatic hydroxyl groups is 1. The molecule has 0 radical (unpaired) electrons. The SMILES string of the molecule is CC(=O)OCC(=O)[C@H]1CC[C@H]2[C@@H]3C[C@H](CO)C4=CC(=O)C=C[C@]4(C)C3=CC[C@]12C. The van der Waals surface area contributed by atoms with Crippen molar-refractivity contribution in [3.63, 3.8) is 0 Å². The highest BCUT2D eigenvalue weighted by molar-refractivity contribution is 6.01. The smallest absolute Gasteiger partial charge is 0.303 e. The number of rotatable bonds is 4. The summed E-state index contributed by atoms with van der Waals surface area (Å²) in [5, 5.41) is 10.1. The van der Waals surface area contributed by atoms with Crippen molar-refractivity contribution in [3.05, 3.63) is 35.5 Å². The average Bonchev–Trinajstić information content (AvgIpc) is 3.03. The van der Waals surface area contributed by atoms with Crippen molar-refractivity contribution in [2.45, 2.75) is 46.5 Å². The molecule has 4 rings (SSSR count). The van der Waals surface area contributed by atoms with E-state index in [0.717, 1.165) is 31.3 Å². The van der Waals surface area contributed by atoms with Gasteiger partial charge in [-0.3, -0.25) is 14.4 Å². The fourth-order valence-corrected chi connectivity index (χ4v) is 6.71. The Kier molecular flexibility index (Phi) is 4.93. The van der Waals surface area contributed by atoms with Crippen LogP contribution < -0.4 is 0 Å². The molecule has 29 heavy (non-hydrogen) atoms. The number of hydrogen-bond acceptors (Lipinski definition) is 5. The topological polar surface area (TPSA) is 80.7 Å². The molecule has 0 aromatic rings. The first-order valence-corrected chi connectivity index (χ1v) is 10.6. The summed E-state index contributed by atoms with van der Waals surface area (Å²) in [6, 6.07) is 0. The van der Waals surface area contributed by atoms with Gasteiger partial charge in [-0.1, -0.05) is 24.6 Å². The van der Waals surface area contributed by atoms with E-state index < -0.39 is 5.97 Å². The van der Waals surface area contributed by atoms with E-state index in [4.69, 9.17) is 4.74 Å². The van der Waals surface area contributed by atoms with Gasteiger partial charge in [0.15, 0.2) is 11.6 Å². The summed E-state index contributed by atoms with van der Waals surface area (Å²) in [5.41, 5.74) is 1.88. The summed E-state index contributed by atoms with van der Waals surface area (Å²) >= 11 is 0. The van der Waals surface area contributed by atoms with Crippen LogP contribution in [0.4, 0.5) is 0 Å². The van der Waals surface area contributed by atoms with Gasteiger partial charge in [-0.15, -0.1) is 0 Å². The number of esters is 1. The lowest BCUT2D eigenvalue weighted by atomic mass is 9.50. The maximum Gasteiger partial charge on any atom is 0.303 e. The number of ketones is 2. The third kappa shape index (κ3) is 3.05. The van der Waals surface area contributed by atoms with E-state index in [-0.39, 0.29) is 53.4 Å². The number of fused-ring (bicyclic) bond motifs is 5. The minimum Gasteiger partial charge on any atom is -0.458 e. The molecule has 0 amide bonds. The first kappa shape index (κ1) is 20.3. The number of hydrogen-bond donors (Lipinski definition) is 1. The number of Topliss-reactive ketones (excluding diaryl/α,β-unsaturated/α-hetero) is 1. The first-order chi connectivity index (χ1) is 13.7. The van der Waals surface area contributed by atoms with Gasteiger partial charge in [-0.2, -0.15) is 0 Å². The van der Waals surface area contributed by atoms with Crippen molar-refractivity contribution >= 4 is 17.5 Å². The molecule has 0 aliphatic heterocycles. The Morgan fingerprint density at radius 1 is 1.24 bits per heavy atom. The normalized spacial score (nSPS) is 40.3. The zero-order valence-electron chi connectivity index (χ0n) is 17.4. The van der Waals surface area contributed by atoms with Crippen LogP contribution >= 0.6 is 0 Å². The number of allylic oxidation sites excluding steroid dienone is 5. The summed E-state index contributed by atoms with van der Waals surface area (Å²) in [5.74, 6) is 0.0938. The van der Waals surface area contributed by atoms with Gasteiger partial charge in [0.25, 0.3) is 0 Å². The van der Waals surface area contributed by atoms with E-state index in [9.17, 15) is 19.5 Å². The number of ether oxygens (including phenoxy) is 1. The van der Waals surface area contributed by atoms with Crippen LogP contribution in [0, 0.1) is 34.5 Å². The molecular weight excluding hydrogens is 368 g/mol. The van der Waals surface area contributed by atoms with Crippen molar-refractivity contribution < 1.29 is 24.2 Å². The van der Waals surface area contributed by atoms with Gasteiger partial charge in [-0.05, 0) is 67.6 Å². The lowest BCUT2D eigenvalue weighted by molar-refractivity contribution is -0.148. The minimum atomic E-state index is -0.423. The van der Waals surface area contributed by atoms with Gasteiger partial charge < -0.3 is 9.84 Å². The van der Waals surface area contributed by atoms with E-state index in [2.05, 4.69) is 19.9 Å². The largest absolute Gasteiger partial charge is 0.458 e. The molecule has 4 aliphatic carbocycles. The maximum absolute atomic E-state index is 12.8. The average molecular weight is 398 g/mol. The van der Waals surface area contributed by atoms with E-state index in [1.54, 1.807) is 12.2 Å². The first-order valence-electron chi connectivity index (χ1n) is 10.6. The molecule has 2 fully saturated rings. The second-order valence-electron chi connectivity index (χ2n) is 9.61. The number of carbonyl (C=O) groups is 3. The Labute approximate surface area is 171 Å². The van der Waals surface area contributed by atoms with Gasteiger partial charge in [0.05, 0.1) is 0 Å². The fourth-order valence-electron chi connectivity index (χ4n) is 6.71. The van der Waals surface area contributed by atoms with Crippen molar-refractivity contribution in [3.8, 4) is 0 Å². The van der Waals surface area contributed by atoms with Crippen LogP contribution in [-0.4, -0.2) is 35.9 Å². The molecule has 0 aromatic carbocycles. The molecular formula is C24H30O5. The van der Waals surface area contributed by atoms with Crippen LogP contribution in [-0.2, 0) is 19.1 Å². The second-order valence-corrected chi connectivity index (χ2v) is 9.61. The Balaban J connectivity index is 1.67. The highest BCUT2D eigenvalue weighted by atomic mass is 16.5. The van der Waals surface area contributed by atoms with Gasteiger partial charge in [-0.25, -0.2) is 0 Å². The van der Waals surface area contributed by atoms with Crippen molar-refractivity contribution in [1.29, 1.82) is 0 Å². The fraction of sp³-hybridized carbons (Fsp3) is 0.625. The molecule has 5 nitrogen and oxygen atoms in total. The summed E-state index contributed by atoms with van der Waals surface area (Å²) in [4.78, 5) is 36.0. The minimum absolute atomic E-state index is 0.00683. The molecule has 2 saturated carbocycles. The van der Waals surface area contributed by atoms with E-state index in [1.165, 1.54) is 12.5 Å². The van der Waals surface area contributed by atoms with Gasteiger partial charge in [0.1, 0.15) is 6.61 Å². The summed E-state index contributed by atoms with van der Waals surface area (Å²) in [6.45, 7) is 5.58. The van der Waals surface area contributed by atoms with Crippen LogP contribution in [0.3, 0.4) is 0 Å². The summed E-state index contributed by atoms with van der Waals surface area (Å²) in [6.07, 6.45) is 11.1. The quantitative estimate of drug-likeness (QED) is 0.581. The Bertz CT molecular complexity index is 849. The monoisotopic (exact) mass is 398 g/mol. The van der Waals surface area contributed by atoms with Crippen LogP contribution in [0.2, 0.25) is 0 Å². The zero-order chi connectivity index (χ0) is 21.0. The lowest BCUT2D eigenvalue weighted by Gasteiger charge is -2.54. The van der Waals surface area contributed by atoms with Crippen molar-refractivity contribution in [2.75, 3.05) is 13.2 Å². The molecule has 5 heteroatoms. The summed E-state index contributed by atoms with van der Waals surface area (Å²) in [7, 11) is 0. The predicted octanol–water partition coefficient (Wildman–Crippen LogP) is 3.18. The van der Waals surface area contributed by atoms with Gasteiger partial charge >= 0.3 is 5.97 Å². The number of carbonyl (C=O) groups excluding carboxylic acids is 3. The highest BCUT2D eigenvalue weighted by Crippen LogP contribution is 2.64. The van der Waals surface area contributed by atoms with Gasteiger partial charge in [0, 0.05) is 30.8 Å². The van der Waals surface area contributed by atoms with Crippen LogP contribution in [0.5, 0.6) is 0 Å². The van der Waals surface area contributed by atoms with Crippen molar-refractivity contribution in [1.82, 2.24) is 0 Å². The molecule has 0 unspecified atom stereocenters. The van der Waals surface area contributed by atoms with E-state index >= 15 is 0 Å². The number of aliphatic hydroxyl groups excluding tert-OH is 1. The third-order valence-electron chi connectivity index (χ3n) is 8.14. The Morgan fingerprint density at radius 3 is 2.69 bits per heavy atom. The molecule has 0 heterocycles. The van der Waals surface area contributed by atoms with Crippen molar-refractivity contribution in [2.24, 2.45) is 34.5 Å². The molecule has 0 spiro atoms. The molecule has 0 aromatic heterocycles.